The number of nitriles is 2. The van der Waals surface area contributed by atoms with Crippen molar-refractivity contribution in [3.8, 4) is 12.1 Å². The van der Waals surface area contributed by atoms with Crippen molar-refractivity contribution in [1.82, 2.24) is 10.6 Å². The lowest BCUT2D eigenvalue weighted by molar-refractivity contribution is 0.209. The molecule has 2 N–H and O–H groups in total. The average molecular weight is 274 g/mol. The van der Waals surface area contributed by atoms with Gasteiger partial charge in [-0.3, -0.25) is 0 Å². The Labute approximate surface area is 120 Å². The predicted molar refractivity (Wildman–Crippen MR) is 74.5 cm³/mol. The molecular formula is C15H22N4O. The molecule has 2 aliphatic rings. The fraction of sp³-hybridized carbons (Fsp3) is 0.800. The van der Waals surface area contributed by atoms with Crippen LogP contribution in [0.4, 0.5) is 4.79 Å². The highest BCUT2D eigenvalue weighted by Crippen LogP contribution is 2.34. The Bertz CT molecular complexity index is 394. The van der Waals surface area contributed by atoms with Crippen LogP contribution in [0.25, 0.3) is 0 Å². The second-order valence-electron chi connectivity index (χ2n) is 6.22. The smallest absolute Gasteiger partial charge is 0.315 e. The van der Waals surface area contributed by atoms with E-state index < -0.39 is 0 Å². The summed E-state index contributed by atoms with van der Waals surface area (Å²) >= 11 is 0. The van der Waals surface area contributed by atoms with Crippen LogP contribution in [0.3, 0.4) is 0 Å². The molecule has 2 aliphatic carbocycles. The normalized spacial score (nSPS) is 22.7. The molecule has 0 aromatic rings. The summed E-state index contributed by atoms with van der Waals surface area (Å²) < 4.78 is 0. The summed E-state index contributed by atoms with van der Waals surface area (Å²) in [4.78, 5) is 12.3. The Morgan fingerprint density at radius 2 is 1.20 bits per heavy atom. The van der Waals surface area contributed by atoms with Crippen molar-refractivity contribution in [3.63, 3.8) is 0 Å². The van der Waals surface area contributed by atoms with E-state index >= 15 is 0 Å². The van der Waals surface area contributed by atoms with Gasteiger partial charge in [-0.15, -0.1) is 0 Å². The van der Waals surface area contributed by atoms with Crippen molar-refractivity contribution < 1.29 is 4.79 Å². The molecule has 5 heteroatoms. The molecule has 2 amide bonds. The topological polar surface area (TPSA) is 88.7 Å². The minimum Gasteiger partial charge on any atom is -0.332 e. The Kier molecular flexibility index (Phi) is 4.49. The van der Waals surface area contributed by atoms with Gasteiger partial charge in [-0.05, 0) is 25.7 Å². The van der Waals surface area contributed by atoms with E-state index in [-0.39, 0.29) is 17.1 Å². The van der Waals surface area contributed by atoms with Gasteiger partial charge in [0.1, 0.15) is 0 Å². The SMILES string of the molecule is N#CCC1(NC(=O)NC2(CC#N)CCCC2)CCCC1. The molecule has 0 aliphatic heterocycles. The van der Waals surface area contributed by atoms with Crippen LogP contribution in [-0.2, 0) is 0 Å². The number of nitrogens with zero attached hydrogens (tertiary/aromatic N) is 2. The first-order valence-corrected chi connectivity index (χ1v) is 7.48. The number of nitrogens with one attached hydrogen (secondary N) is 2. The van der Waals surface area contributed by atoms with Crippen molar-refractivity contribution in [2.45, 2.75) is 75.3 Å². The van der Waals surface area contributed by atoms with Gasteiger partial charge in [-0.1, -0.05) is 25.7 Å². The molecule has 5 nitrogen and oxygen atoms in total. The molecule has 0 spiro atoms. The lowest BCUT2D eigenvalue weighted by Crippen LogP contribution is -2.56. The van der Waals surface area contributed by atoms with Crippen LogP contribution in [-0.4, -0.2) is 17.1 Å². The molecule has 0 aromatic heterocycles. The maximum absolute atomic E-state index is 12.3. The van der Waals surface area contributed by atoms with Crippen LogP contribution in [0.1, 0.15) is 64.2 Å². The van der Waals surface area contributed by atoms with Gasteiger partial charge >= 0.3 is 6.03 Å². The third-order valence-electron chi connectivity index (χ3n) is 4.71. The first-order chi connectivity index (χ1) is 9.64. The van der Waals surface area contributed by atoms with Gasteiger partial charge in [-0.25, -0.2) is 4.79 Å². The molecular weight excluding hydrogens is 252 g/mol. The summed E-state index contributed by atoms with van der Waals surface area (Å²) in [6.07, 6.45) is 8.47. The van der Waals surface area contributed by atoms with Crippen molar-refractivity contribution in [2.75, 3.05) is 0 Å². The first kappa shape index (κ1) is 14.7. The largest absolute Gasteiger partial charge is 0.332 e. The van der Waals surface area contributed by atoms with E-state index in [1.165, 1.54) is 0 Å². The minimum atomic E-state index is -0.356. The fourth-order valence-corrected chi connectivity index (χ4v) is 3.61. The second-order valence-corrected chi connectivity index (χ2v) is 6.22. The van der Waals surface area contributed by atoms with Gasteiger partial charge in [0.25, 0.3) is 0 Å². The number of amides is 2. The first-order valence-electron chi connectivity index (χ1n) is 7.48. The highest BCUT2D eigenvalue weighted by atomic mass is 16.2. The molecule has 0 heterocycles. The Morgan fingerprint density at radius 3 is 1.50 bits per heavy atom. The lowest BCUT2D eigenvalue weighted by Gasteiger charge is -2.32. The number of carbonyl (C=O) groups excluding carboxylic acids is 1. The molecule has 0 unspecified atom stereocenters. The van der Waals surface area contributed by atoms with Crippen molar-refractivity contribution in [3.05, 3.63) is 0 Å². The predicted octanol–water partition coefficient (Wildman–Crippen LogP) is 2.74. The number of rotatable bonds is 4. The van der Waals surface area contributed by atoms with Crippen LogP contribution in [0, 0.1) is 22.7 Å². The van der Waals surface area contributed by atoms with E-state index in [4.69, 9.17) is 10.5 Å². The van der Waals surface area contributed by atoms with Gasteiger partial charge in [-0.2, -0.15) is 10.5 Å². The number of urea groups is 1. The fourth-order valence-electron chi connectivity index (χ4n) is 3.61. The van der Waals surface area contributed by atoms with E-state index in [9.17, 15) is 4.79 Å². The zero-order valence-electron chi connectivity index (χ0n) is 11.9. The van der Waals surface area contributed by atoms with E-state index in [0.29, 0.717) is 12.8 Å². The third kappa shape index (κ3) is 3.22. The summed E-state index contributed by atoms with van der Waals surface area (Å²) in [5, 5.41) is 24.0. The van der Waals surface area contributed by atoms with Gasteiger partial charge in [0, 0.05) is 0 Å². The van der Waals surface area contributed by atoms with Crippen molar-refractivity contribution >= 4 is 6.03 Å². The van der Waals surface area contributed by atoms with Gasteiger partial charge in [0.15, 0.2) is 0 Å². The third-order valence-corrected chi connectivity index (χ3v) is 4.71. The molecule has 0 saturated heterocycles. The molecule has 20 heavy (non-hydrogen) atoms. The van der Waals surface area contributed by atoms with Gasteiger partial charge in [0.2, 0.25) is 0 Å². The summed E-state index contributed by atoms with van der Waals surface area (Å²) in [5.41, 5.74) is -0.712. The second kappa shape index (κ2) is 6.13. The van der Waals surface area contributed by atoms with Gasteiger partial charge in [0.05, 0.1) is 36.1 Å². The highest BCUT2D eigenvalue weighted by Gasteiger charge is 2.39. The molecule has 2 rings (SSSR count). The van der Waals surface area contributed by atoms with Gasteiger partial charge < -0.3 is 10.6 Å². The molecule has 2 fully saturated rings. The molecule has 0 radical (unpaired) electrons. The van der Waals surface area contributed by atoms with Crippen LogP contribution >= 0.6 is 0 Å². The Hall–Kier alpha value is -1.75. The van der Waals surface area contributed by atoms with Crippen LogP contribution in [0.2, 0.25) is 0 Å². The average Bonchev–Trinajstić information content (AvgIpc) is 3.01. The van der Waals surface area contributed by atoms with E-state index in [1.54, 1.807) is 0 Å². The summed E-state index contributed by atoms with van der Waals surface area (Å²) in [6.45, 7) is 0. The van der Waals surface area contributed by atoms with Crippen molar-refractivity contribution in [2.24, 2.45) is 0 Å². The maximum Gasteiger partial charge on any atom is 0.315 e. The summed E-state index contributed by atoms with van der Waals surface area (Å²) in [5.74, 6) is 0. The zero-order chi connectivity index (χ0) is 14.5. The van der Waals surface area contributed by atoms with Crippen LogP contribution < -0.4 is 10.6 Å². The summed E-state index contributed by atoms with van der Waals surface area (Å²) in [6, 6.07) is 4.17. The summed E-state index contributed by atoms with van der Waals surface area (Å²) in [7, 11) is 0. The monoisotopic (exact) mass is 274 g/mol. The highest BCUT2D eigenvalue weighted by molar-refractivity contribution is 5.76. The number of hydrogen-bond acceptors (Lipinski definition) is 3. The van der Waals surface area contributed by atoms with E-state index in [2.05, 4.69) is 22.8 Å². The maximum atomic E-state index is 12.3. The molecule has 108 valence electrons. The Morgan fingerprint density at radius 1 is 0.850 bits per heavy atom. The molecule has 0 aromatic carbocycles. The molecule has 2 saturated carbocycles. The van der Waals surface area contributed by atoms with Crippen LogP contribution in [0.5, 0.6) is 0 Å². The van der Waals surface area contributed by atoms with E-state index in [0.717, 1.165) is 51.4 Å². The standard InChI is InChI=1S/C15H22N4O/c16-11-9-14(5-1-2-6-14)18-13(20)19-15(10-12-17)7-3-4-8-15/h1-10H2,(H2,18,19,20). The number of carbonyl (C=O) groups is 1. The molecule has 0 bridgehead atoms. The van der Waals surface area contributed by atoms with Crippen LogP contribution in [0.15, 0.2) is 0 Å². The minimum absolute atomic E-state index is 0.209. The van der Waals surface area contributed by atoms with E-state index in [1.807, 2.05) is 0 Å². The quantitative estimate of drug-likeness (QED) is 0.826. The van der Waals surface area contributed by atoms with Crippen molar-refractivity contribution in [1.29, 1.82) is 10.5 Å². The Balaban J connectivity index is 1.97. The molecule has 0 atom stereocenters. The number of hydrogen-bond donors (Lipinski definition) is 2. The zero-order valence-corrected chi connectivity index (χ0v) is 11.9. The lowest BCUT2D eigenvalue weighted by atomic mass is 9.92.